The molecular weight excluding hydrogens is 611 g/mol. The number of allylic oxidation sites excluding steroid dienone is 8. The fraction of sp³-hybridized carbons (Fsp3) is 0.0889. The maximum atomic E-state index is 5.15. The molecule has 5 heteroatoms. The molecule has 8 aromatic rings. The van der Waals surface area contributed by atoms with Gasteiger partial charge < -0.3 is 4.57 Å². The molecule has 0 fully saturated rings. The van der Waals surface area contributed by atoms with E-state index in [1.54, 1.807) is 0 Å². The molecule has 238 valence electrons. The van der Waals surface area contributed by atoms with Crippen molar-refractivity contribution < 1.29 is 0 Å². The minimum absolute atomic E-state index is 0.0932. The van der Waals surface area contributed by atoms with E-state index in [1.807, 2.05) is 18.2 Å². The van der Waals surface area contributed by atoms with Gasteiger partial charge in [0, 0.05) is 38.7 Å². The second-order valence-corrected chi connectivity index (χ2v) is 13.1. The van der Waals surface area contributed by atoms with Crippen molar-refractivity contribution in [2.45, 2.75) is 25.2 Å². The van der Waals surface area contributed by atoms with E-state index in [0.717, 1.165) is 41.7 Å². The van der Waals surface area contributed by atoms with Crippen LogP contribution in [0.2, 0.25) is 0 Å². The third-order valence-corrected chi connectivity index (χ3v) is 10.1. The van der Waals surface area contributed by atoms with Crippen molar-refractivity contribution in [1.82, 2.24) is 24.1 Å². The van der Waals surface area contributed by atoms with Crippen molar-refractivity contribution in [2.24, 2.45) is 0 Å². The first-order valence-electron chi connectivity index (χ1n) is 17.4. The molecule has 0 N–H and O–H groups in total. The number of aromatic nitrogens is 5. The van der Waals surface area contributed by atoms with Crippen molar-refractivity contribution in [1.29, 1.82) is 0 Å². The lowest BCUT2D eigenvalue weighted by Gasteiger charge is -2.15. The molecule has 1 atom stereocenters. The third kappa shape index (κ3) is 4.66. The molecule has 0 spiro atoms. The fourth-order valence-electron chi connectivity index (χ4n) is 7.74. The maximum Gasteiger partial charge on any atom is 0.238 e. The van der Waals surface area contributed by atoms with Gasteiger partial charge in [-0.05, 0) is 72.9 Å². The van der Waals surface area contributed by atoms with Gasteiger partial charge in [-0.3, -0.25) is 4.57 Å². The Morgan fingerprint density at radius 3 is 1.86 bits per heavy atom. The SMILES string of the molecule is C1=CCCC(n2c3ccccc3c3cc(-c4ccc5c(c4)c4ccccc4n5-c4nc(-c5ccccc5)nc(C5C=CC=CC5)n4)ccc32)=C1. The van der Waals surface area contributed by atoms with Gasteiger partial charge >= 0.3 is 0 Å². The van der Waals surface area contributed by atoms with Gasteiger partial charge in [0.05, 0.1) is 22.1 Å². The van der Waals surface area contributed by atoms with Crippen LogP contribution in [0.1, 0.15) is 31.0 Å². The summed E-state index contributed by atoms with van der Waals surface area (Å²) in [5, 5.41) is 4.89. The lowest BCUT2D eigenvalue weighted by Crippen LogP contribution is -2.11. The molecule has 5 aromatic carbocycles. The van der Waals surface area contributed by atoms with Gasteiger partial charge in [0.15, 0.2) is 5.82 Å². The maximum absolute atomic E-state index is 5.15. The molecule has 5 nitrogen and oxygen atoms in total. The number of rotatable bonds is 5. The highest BCUT2D eigenvalue weighted by atomic mass is 15.2. The van der Waals surface area contributed by atoms with Gasteiger partial charge in [-0.1, -0.05) is 115 Å². The Hall–Kier alpha value is -6.33. The van der Waals surface area contributed by atoms with E-state index in [1.165, 1.54) is 49.4 Å². The topological polar surface area (TPSA) is 48.5 Å². The normalized spacial score (nSPS) is 15.8. The van der Waals surface area contributed by atoms with Crippen LogP contribution in [0.5, 0.6) is 0 Å². The highest BCUT2D eigenvalue weighted by Gasteiger charge is 2.21. The van der Waals surface area contributed by atoms with E-state index < -0.39 is 0 Å². The Morgan fingerprint density at radius 2 is 1.18 bits per heavy atom. The van der Waals surface area contributed by atoms with Crippen LogP contribution in [-0.2, 0) is 0 Å². The zero-order chi connectivity index (χ0) is 33.0. The molecule has 0 saturated carbocycles. The van der Waals surface area contributed by atoms with Crippen LogP contribution < -0.4 is 0 Å². The van der Waals surface area contributed by atoms with Gasteiger partial charge in [0.2, 0.25) is 5.95 Å². The lowest BCUT2D eigenvalue weighted by atomic mass is 10.00. The molecule has 3 heterocycles. The molecule has 0 saturated heterocycles. The Labute approximate surface area is 289 Å². The average molecular weight is 644 g/mol. The zero-order valence-corrected chi connectivity index (χ0v) is 27.4. The molecule has 10 rings (SSSR count). The summed E-state index contributed by atoms with van der Waals surface area (Å²) in [6, 6.07) is 41.3. The van der Waals surface area contributed by atoms with Crippen molar-refractivity contribution >= 4 is 49.3 Å². The van der Waals surface area contributed by atoms with E-state index in [-0.39, 0.29) is 5.92 Å². The Morgan fingerprint density at radius 1 is 0.520 bits per heavy atom. The molecule has 0 radical (unpaired) electrons. The number of hydrogen-bond acceptors (Lipinski definition) is 3. The van der Waals surface area contributed by atoms with Crippen molar-refractivity contribution in [2.75, 3.05) is 0 Å². The highest BCUT2D eigenvalue weighted by Crippen LogP contribution is 2.39. The van der Waals surface area contributed by atoms with E-state index in [0.29, 0.717) is 11.8 Å². The van der Waals surface area contributed by atoms with Crippen LogP contribution in [0.4, 0.5) is 0 Å². The number of para-hydroxylation sites is 2. The minimum atomic E-state index is 0.0932. The monoisotopic (exact) mass is 643 g/mol. The Balaban J connectivity index is 1.15. The van der Waals surface area contributed by atoms with Gasteiger partial charge in [0.25, 0.3) is 0 Å². The summed E-state index contributed by atoms with van der Waals surface area (Å²) in [7, 11) is 0. The minimum Gasteiger partial charge on any atom is -0.313 e. The Kier molecular flexibility index (Phi) is 6.69. The van der Waals surface area contributed by atoms with Crippen LogP contribution in [0.3, 0.4) is 0 Å². The summed E-state index contributed by atoms with van der Waals surface area (Å²) in [5.74, 6) is 2.19. The molecule has 2 aliphatic carbocycles. The number of hydrogen-bond donors (Lipinski definition) is 0. The van der Waals surface area contributed by atoms with E-state index in [9.17, 15) is 0 Å². The van der Waals surface area contributed by atoms with Gasteiger partial charge in [-0.2, -0.15) is 9.97 Å². The van der Waals surface area contributed by atoms with Crippen molar-refractivity contribution in [3.8, 4) is 28.5 Å². The second kappa shape index (κ2) is 11.7. The van der Waals surface area contributed by atoms with E-state index in [2.05, 4.69) is 149 Å². The number of fused-ring (bicyclic) bond motifs is 6. The summed E-state index contributed by atoms with van der Waals surface area (Å²) in [6.07, 6.45) is 18.2. The van der Waals surface area contributed by atoms with Gasteiger partial charge in [-0.15, -0.1) is 0 Å². The van der Waals surface area contributed by atoms with Crippen LogP contribution in [0.15, 0.2) is 158 Å². The first-order chi connectivity index (χ1) is 24.8. The first kappa shape index (κ1) is 28.7. The lowest BCUT2D eigenvalue weighted by molar-refractivity contribution is 0.750. The van der Waals surface area contributed by atoms with Crippen LogP contribution in [-0.4, -0.2) is 24.1 Å². The predicted molar refractivity (Wildman–Crippen MR) is 206 cm³/mol. The van der Waals surface area contributed by atoms with Crippen LogP contribution >= 0.6 is 0 Å². The van der Waals surface area contributed by atoms with E-state index >= 15 is 0 Å². The molecule has 1 unspecified atom stereocenters. The zero-order valence-electron chi connectivity index (χ0n) is 27.4. The molecule has 50 heavy (non-hydrogen) atoms. The first-order valence-corrected chi connectivity index (χ1v) is 17.4. The summed E-state index contributed by atoms with van der Waals surface area (Å²) >= 11 is 0. The molecule has 3 aromatic heterocycles. The molecule has 0 aliphatic heterocycles. The standard InChI is InChI=1S/C45H33N5/c1-4-14-30(15-5-1)43-46-44(31-16-6-2-7-17-31)48-45(47-43)50-40-23-13-11-21-36(40)38-29-33(25-27-42(38)50)32-24-26-41-37(28-32)35-20-10-12-22-39(35)49(41)34-18-8-3-9-19-34/h1-8,10-16,18,20-29,31H,9,17,19H2. The molecular formula is C45H33N5. The Bertz CT molecular complexity index is 2740. The van der Waals surface area contributed by atoms with Gasteiger partial charge in [0.1, 0.15) is 5.82 Å². The predicted octanol–water partition coefficient (Wildman–Crippen LogP) is 11.2. The average Bonchev–Trinajstić information content (AvgIpc) is 3.71. The summed E-state index contributed by atoms with van der Waals surface area (Å²) in [4.78, 5) is 15.3. The molecule has 2 aliphatic rings. The third-order valence-electron chi connectivity index (χ3n) is 10.1. The summed E-state index contributed by atoms with van der Waals surface area (Å²) < 4.78 is 4.65. The fourth-order valence-corrected chi connectivity index (χ4v) is 7.74. The smallest absolute Gasteiger partial charge is 0.238 e. The summed E-state index contributed by atoms with van der Waals surface area (Å²) in [6.45, 7) is 0. The molecule has 0 bridgehead atoms. The summed E-state index contributed by atoms with van der Waals surface area (Å²) in [5.41, 5.74) is 9.34. The largest absolute Gasteiger partial charge is 0.313 e. The van der Waals surface area contributed by atoms with Crippen molar-refractivity contribution in [3.05, 3.63) is 164 Å². The van der Waals surface area contributed by atoms with Crippen LogP contribution in [0.25, 0.3) is 77.8 Å². The van der Waals surface area contributed by atoms with Gasteiger partial charge in [-0.25, -0.2) is 4.98 Å². The number of nitrogens with zero attached hydrogens (tertiary/aromatic N) is 5. The van der Waals surface area contributed by atoms with Crippen molar-refractivity contribution in [3.63, 3.8) is 0 Å². The quantitative estimate of drug-likeness (QED) is 0.187. The second-order valence-electron chi connectivity index (χ2n) is 13.1. The van der Waals surface area contributed by atoms with E-state index in [4.69, 9.17) is 15.0 Å². The molecule has 0 amide bonds. The highest BCUT2D eigenvalue weighted by molar-refractivity contribution is 6.13. The van der Waals surface area contributed by atoms with Crippen LogP contribution in [0, 0.1) is 0 Å². The number of benzene rings is 5.